The number of amides is 1. The van der Waals surface area contributed by atoms with Crippen LogP contribution in [0, 0.1) is 5.92 Å². The van der Waals surface area contributed by atoms with Crippen LogP contribution >= 0.6 is 0 Å². The Kier molecular flexibility index (Phi) is 4.21. The lowest BCUT2D eigenvalue weighted by molar-refractivity contribution is -0.146. The molecular formula is C19H26N2O3. The highest BCUT2D eigenvalue weighted by molar-refractivity contribution is 5.80. The van der Waals surface area contributed by atoms with Gasteiger partial charge in [0, 0.05) is 38.3 Å². The molecule has 0 radical (unpaired) electrons. The van der Waals surface area contributed by atoms with Crippen molar-refractivity contribution in [2.45, 2.75) is 62.7 Å². The molecule has 1 aliphatic heterocycles. The molecule has 0 spiro atoms. The molecule has 3 atom stereocenters. The molecule has 0 bridgehead atoms. The van der Waals surface area contributed by atoms with Gasteiger partial charge in [-0.1, -0.05) is 12.5 Å². The maximum atomic E-state index is 12.8. The van der Waals surface area contributed by atoms with Gasteiger partial charge < -0.3 is 14.4 Å². The van der Waals surface area contributed by atoms with Gasteiger partial charge in [0.15, 0.2) is 0 Å². The topological polar surface area (TPSA) is 51.7 Å². The van der Waals surface area contributed by atoms with E-state index in [9.17, 15) is 4.79 Å². The normalized spacial score (nSPS) is 33.0. The van der Waals surface area contributed by atoms with E-state index in [1.54, 1.807) is 13.3 Å². The van der Waals surface area contributed by atoms with Crippen molar-refractivity contribution in [3.8, 4) is 5.88 Å². The van der Waals surface area contributed by atoms with Crippen LogP contribution in [-0.4, -0.2) is 47.2 Å². The van der Waals surface area contributed by atoms with Crippen molar-refractivity contribution >= 4 is 5.91 Å². The average molecular weight is 330 g/mol. The molecule has 1 aromatic rings. The number of carbonyl (C=O) groups excluding carboxylic acids is 1. The Hall–Kier alpha value is -1.62. The van der Waals surface area contributed by atoms with Crippen molar-refractivity contribution < 1.29 is 14.3 Å². The minimum Gasteiger partial charge on any atom is -0.474 e. The highest BCUT2D eigenvalue weighted by Gasteiger charge is 2.53. The standard InChI is InChI=1S/C19H26N2O3/c1-23-19-9-8-15(24-17-7-2-3-11-20-17)13-16(19)21(12-10-19)18(22)14-5-4-6-14/h2-3,7,11,14-16H,4-6,8-10,12-13H2,1H3/t15-,16-,19+/m0/s1. The Balaban J connectivity index is 1.49. The molecule has 5 heteroatoms. The van der Waals surface area contributed by atoms with Gasteiger partial charge in [-0.3, -0.25) is 4.79 Å². The highest BCUT2D eigenvalue weighted by atomic mass is 16.5. The number of ether oxygens (including phenoxy) is 2. The second-order valence-corrected chi connectivity index (χ2v) is 7.38. The van der Waals surface area contributed by atoms with Gasteiger partial charge in [0.25, 0.3) is 0 Å². The number of hydrogen-bond acceptors (Lipinski definition) is 4. The monoisotopic (exact) mass is 330 g/mol. The Morgan fingerprint density at radius 1 is 1.29 bits per heavy atom. The average Bonchev–Trinajstić information content (AvgIpc) is 2.93. The van der Waals surface area contributed by atoms with Crippen molar-refractivity contribution in [3.63, 3.8) is 0 Å². The first-order valence-electron chi connectivity index (χ1n) is 9.15. The molecule has 0 unspecified atom stereocenters. The quantitative estimate of drug-likeness (QED) is 0.852. The van der Waals surface area contributed by atoms with Crippen molar-refractivity contribution in [1.29, 1.82) is 0 Å². The third-order valence-corrected chi connectivity index (χ3v) is 6.20. The number of pyridine rings is 1. The fourth-order valence-electron chi connectivity index (χ4n) is 4.51. The van der Waals surface area contributed by atoms with E-state index in [0.29, 0.717) is 11.8 Å². The fourth-order valence-corrected chi connectivity index (χ4v) is 4.51. The molecule has 0 aromatic carbocycles. The molecule has 3 fully saturated rings. The first kappa shape index (κ1) is 15.9. The molecule has 2 heterocycles. The summed E-state index contributed by atoms with van der Waals surface area (Å²) >= 11 is 0. The third kappa shape index (κ3) is 2.69. The molecule has 0 N–H and O–H groups in total. The third-order valence-electron chi connectivity index (χ3n) is 6.20. The number of carbonyl (C=O) groups is 1. The van der Waals surface area contributed by atoms with E-state index in [2.05, 4.69) is 9.88 Å². The van der Waals surface area contributed by atoms with E-state index in [1.807, 2.05) is 18.2 Å². The number of methoxy groups -OCH3 is 1. The van der Waals surface area contributed by atoms with Gasteiger partial charge in [-0.05, 0) is 38.2 Å². The predicted molar refractivity (Wildman–Crippen MR) is 89.7 cm³/mol. The first-order chi connectivity index (χ1) is 11.7. The van der Waals surface area contributed by atoms with Gasteiger partial charge in [0.2, 0.25) is 11.8 Å². The van der Waals surface area contributed by atoms with Gasteiger partial charge >= 0.3 is 0 Å². The van der Waals surface area contributed by atoms with E-state index < -0.39 is 0 Å². The number of nitrogens with zero attached hydrogens (tertiary/aromatic N) is 2. The second kappa shape index (κ2) is 6.36. The highest BCUT2D eigenvalue weighted by Crippen LogP contribution is 2.44. The summed E-state index contributed by atoms with van der Waals surface area (Å²) in [5.41, 5.74) is -0.177. The lowest BCUT2D eigenvalue weighted by atomic mass is 9.78. The molecule has 4 rings (SSSR count). The van der Waals surface area contributed by atoms with Gasteiger partial charge in [-0.25, -0.2) is 4.98 Å². The van der Waals surface area contributed by atoms with Crippen LogP contribution in [0.2, 0.25) is 0 Å². The van der Waals surface area contributed by atoms with Gasteiger partial charge in [-0.15, -0.1) is 0 Å². The van der Waals surface area contributed by atoms with Crippen LogP contribution in [0.15, 0.2) is 24.4 Å². The Bertz CT molecular complexity index is 590. The summed E-state index contributed by atoms with van der Waals surface area (Å²) in [6.45, 7) is 0.824. The molecule has 2 aliphatic carbocycles. The summed E-state index contributed by atoms with van der Waals surface area (Å²) in [5.74, 6) is 1.25. The zero-order valence-corrected chi connectivity index (χ0v) is 14.3. The van der Waals surface area contributed by atoms with Crippen molar-refractivity contribution in [2.24, 2.45) is 5.92 Å². The largest absolute Gasteiger partial charge is 0.474 e. The maximum Gasteiger partial charge on any atom is 0.226 e. The molecule has 1 amide bonds. The van der Waals surface area contributed by atoms with Gasteiger partial charge in [-0.2, -0.15) is 0 Å². The summed E-state index contributed by atoms with van der Waals surface area (Å²) in [5, 5.41) is 0. The molecule has 24 heavy (non-hydrogen) atoms. The lowest BCUT2D eigenvalue weighted by Crippen LogP contribution is -2.55. The number of rotatable bonds is 4. The van der Waals surface area contributed by atoms with E-state index in [-0.39, 0.29) is 23.7 Å². The van der Waals surface area contributed by atoms with Crippen LogP contribution in [0.25, 0.3) is 0 Å². The van der Waals surface area contributed by atoms with Gasteiger partial charge in [0.05, 0.1) is 11.6 Å². The summed E-state index contributed by atoms with van der Waals surface area (Å²) in [4.78, 5) is 19.2. The number of fused-ring (bicyclic) bond motifs is 1. The number of likely N-dealkylation sites (tertiary alicyclic amines) is 1. The SMILES string of the molecule is CO[C@@]12CC[C@H](Oc3ccccn3)C[C@@H]1N(C(=O)C1CCC1)CC2. The van der Waals surface area contributed by atoms with Crippen LogP contribution in [0.4, 0.5) is 0 Å². The maximum absolute atomic E-state index is 12.8. The number of aromatic nitrogens is 1. The van der Waals surface area contributed by atoms with Gasteiger partial charge in [0.1, 0.15) is 6.10 Å². The van der Waals surface area contributed by atoms with Crippen LogP contribution in [0.3, 0.4) is 0 Å². The van der Waals surface area contributed by atoms with Crippen LogP contribution in [0.5, 0.6) is 5.88 Å². The van der Waals surface area contributed by atoms with Crippen LogP contribution in [0.1, 0.15) is 44.9 Å². The minimum atomic E-state index is -0.177. The van der Waals surface area contributed by atoms with Crippen molar-refractivity contribution in [1.82, 2.24) is 9.88 Å². The lowest BCUT2D eigenvalue weighted by Gasteiger charge is -2.44. The van der Waals surface area contributed by atoms with E-state index in [4.69, 9.17) is 9.47 Å². The van der Waals surface area contributed by atoms with Crippen molar-refractivity contribution in [3.05, 3.63) is 24.4 Å². The Labute approximate surface area is 143 Å². The second-order valence-electron chi connectivity index (χ2n) is 7.38. The van der Waals surface area contributed by atoms with E-state index >= 15 is 0 Å². The molecule has 1 saturated heterocycles. The summed E-state index contributed by atoms with van der Waals surface area (Å²) in [6.07, 6.45) is 8.82. The smallest absolute Gasteiger partial charge is 0.226 e. The molecule has 1 aromatic heterocycles. The summed E-state index contributed by atoms with van der Waals surface area (Å²) < 4.78 is 12.0. The Morgan fingerprint density at radius 2 is 2.17 bits per heavy atom. The molecular weight excluding hydrogens is 304 g/mol. The molecule has 5 nitrogen and oxygen atoms in total. The Morgan fingerprint density at radius 3 is 2.83 bits per heavy atom. The van der Waals surface area contributed by atoms with E-state index in [1.165, 1.54) is 6.42 Å². The fraction of sp³-hybridized carbons (Fsp3) is 0.684. The molecule has 130 valence electrons. The predicted octanol–water partition coefficient (Wildman–Crippen LogP) is 2.80. The first-order valence-corrected chi connectivity index (χ1v) is 9.15. The minimum absolute atomic E-state index is 0.1000. The summed E-state index contributed by atoms with van der Waals surface area (Å²) in [6, 6.07) is 5.86. The molecule has 2 saturated carbocycles. The van der Waals surface area contributed by atoms with Crippen LogP contribution < -0.4 is 4.74 Å². The van der Waals surface area contributed by atoms with Crippen molar-refractivity contribution in [2.75, 3.05) is 13.7 Å². The number of hydrogen-bond donors (Lipinski definition) is 0. The summed E-state index contributed by atoms with van der Waals surface area (Å²) in [7, 11) is 1.80. The zero-order valence-electron chi connectivity index (χ0n) is 14.3. The molecule has 3 aliphatic rings. The van der Waals surface area contributed by atoms with E-state index in [0.717, 1.165) is 45.1 Å². The van der Waals surface area contributed by atoms with Crippen LogP contribution in [-0.2, 0) is 9.53 Å². The zero-order chi connectivity index (χ0) is 16.6.